The summed E-state index contributed by atoms with van der Waals surface area (Å²) >= 11 is 0. The van der Waals surface area contributed by atoms with E-state index in [0.717, 1.165) is 19.3 Å². The van der Waals surface area contributed by atoms with Crippen molar-refractivity contribution in [2.75, 3.05) is 6.54 Å². The second-order valence-electron chi connectivity index (χ2n) is 3.34. The number of rotatable bonds is 6. The van der Waals surface area contributed by atoms with E-state index >= 15 is 0 Å². The number of hydrogen-bond acceptors (Lipinski definition) is 2. The molecular weight excluding hydrogens is 154 g/mol. The van der Waals surface area contributed by atoms with E-state index in [1.165, 1.54) is 0 Å². The number of aliphatic hydroxyl groups is 1. The Bertz CT molecular complexity index is 162. The summed E-state index contributed by atoms with van der Waals surface area (Å²) in [7, 11) is 0. The maximum Gasteiger partial charge on any atom is 0.0676 e. The average Bonchev–Trinajstić information content (AvgIpc) is 2.01. The molecule has 1 atom stereocenters. The molecule has 0 aliphatic carbocycles. The van der Waals surface area contributed by atoms with E-state index in [9.17, 15) is 5.11 Å². The van der Waals surface area contributed by atoms with Crippen LogP contribution in [0.1, 0.15) is 39.5 Å². The van der Waals surface area contributed by atoms with Crippen molar-refractivity contribution in [1.29, 1.82) is 0 Å². The molecule has 0 saturated carbocycles. The van der Waals surface area contributed by atoms with Crippen LogP contribution in [-0.4, -0.2) is 17.3 Å². The summed E-state index contributed by atoms with van der Waals surface area (Å²) in [6, 6.07) is 0. The normalized spacial score (nSPS) is 14.9. The van der Waals surface area contributed by atoms with Crippen molar-refractivity contribution in [1.82, 2.24) is 0 Å². The third-order valence-electron chi connectivity index (χ3n) is 1.79. The fraction of sp³-hybridized carbons (Fsp3) is 1.00. The van der Waals surface area contributed by atoms with Crippen molar-refractivity contribution in [2.24, 2.45) is 5.11 Å². The van der Waals surface area contributed by atoms with Gasteiger partial charge in [0.2, 0.25) is 0 Å². The van der Waals surface area contributed by atoms with Gasteiger partial charge in [0.25, 0.3) is 0 Å². The first kappa shape index (κ1) is 11.3. The highest BCUT2D eigenvalue weighted by Gasteiger charge is 2.17. The summed E-state index contributed by atoms with van der Waals surface area (Å²) in [5.41, 5.74) is 7.23. The van der Waals surface area contributed by atoms with E-state index < -0.39 is 5.60 Å². The molecule has 4 heteroatoms. The molecule has 4 nitrogen and oxygen atoms in total. The molecule has 0 amide bonds. The standard InChI is InChI=1S/C8H17N3O/c1-3-4-5-6-8(2,12)7-10-11-9/h12H,3-7H2,1-2H3. The average molecular weight is 171 g/mol. The summed E-state index contributed by atoms with van der Waals surface area (Å²) in [5.74, 6) is 0. The largest absolute Gasteiger partial charge is 0.390 e. The van der Waals surface area contributed by atoms with Gasteiger partial charge in [0, 0.05) is 4.91 Å². The summed E-state index contributed by atoms with van der Waals surface area (Å²) < 4.78 is 0. The zero-order valence-corrected chi connectivity index (χ0v) is 7.82. The Balaban J connectivity index is 3.62. The zero-order chi connectivity index (χ0) is 9.45. The van der Waals surface area contributed by atoms with E-state index in [1.54, 1.807) is 6.92 Å². The summed E-state index contributed by atoms with van der Waals surface area (Å²) in [6.45, 7) is 3.99. The van der Waals surface area contributed by atoms with Gasteiger partial charge in [0.1, 0.15) is 0 Å². The molecule has 70 valence electrons. The van der Waals surface area contributed by atoms with Crippen LogP contribution >= 0.6 is 0 Å². The smallest absolute Gasteiger partial charge is 0.0676 e. The lowest BCUT2D eigenvalue weighted by molar-refractivity contribution is 0.0574. The van der Waals surface area contributed by atoms with Gasteiger partial charge in [0.05, 0.1) is 12.1 Å². The summed E-state index contributed by atoms with van der Waals surface area (Å²) in [4.78, 5) is 2.61. The van der Waals surface area contributed by atoms with Crippen molar-refractivity contribution in [3.63, 3.8) is 0 Å². The zero-order valence-electron chi connectivity index (χ0n) is 7.82. The van der Waals surface area contributed by atoms with E-state index in [-0.39, 0.29) is 6.54 Å². The maximum atomic E-state index is 9.61. The van der Waals surface area contributed by atoms with Crippen LogP contribution in [0.2, 0.25) is 0 Å². The van der Waals surface area contributed by atoms with E-state index in [4.69, 9.17) is 5.53 Å². The third kappa shape index (κ3) is 6.01. The van der Waals surface area contributed by atoms with E-state index in [1.807, 2.05) is 0 Å². The minimum Gasteiger partial charge on any atom is -0.390 e. The second-order valence-corrected chi connectivity index (χ2v) is 3.34. The monoisotopic (exact) mass is 171 g/mol. The van der Waals surface area contributed by atoms with Gasteiger partial charge < -0.3 is 5.11 Å². The molecule has 0 aliphatic heterocycles. The number of hydrogen-bond donors (Lipinski definition) is 1. The van der Waals surface area contributed by atoms with Gasteiger partial charge in [-0.15, -0.1) is 0 Å². The van der Waals surface area contributed by atoms with Crippen molar-refractivity contribution in [2.45, 2.75) is 45.1 Å². The van der Waals surface area contributed by atoms with Crippen LogP contribution < -0.4 is 0 Å². The van der Waals surface area contributed by atoms with Crippen molar-refractivity contribution in [3.8, 4) is 0 Å². The molecule has 12 heavy (non-hydrogen) atoms. The summed E-state index contributed by atoms with van der Waals surface area (Å²) in [6.07, 6.45) is 3.95. The van der Waals surface area contributed by atoms with E-state index in [0.29, 0.717) is 6.42 Å². The molecule has 0 fully saturated rings. The van der Waals surface area contributed by atoms with Crippen molar-refractivity contribution in [3.05, 3.63) is 10.4 Å². The first-order valence-corrected chi connectivity index (χ1v) is 4.35. The Morgan fingerprint density at radius 1 is 1.50 bits per heavy atom. The lowest BCUT2D eigenvalue weighted by atomic mass is 9.99. The number of azide groups is 1. The predicted molar refractivity (Wildman–Crippen MR) is 48.8 cm³/mol. The fourth-order valence-corrected chi connectivity index (χ4v) is 1.02. The van der Waals surface area contributed by atoms with Gasteiger partial charge in [-0.25, -0.2) is 0 Å². The molecule has 0 aliphatic rings. The van der Waals surface area contributed by atoms with Gasteiger partial charge in [0.15, 0.2) is 0 Å². The Morgan fingerprint density at radius 2 is 2.17 bits per heavy atom. The van der Waals surface area contributed by atoms with Crippen molar-refractivity contribution < 1.29 is 5.11 Å². The molecule has 0 aromatic carbocycles. The molecule has 0 bridgehead atoms. The van der Waals surface area contributed by atoms with Crippen LogP contribution in [0.15, 0.2) is 5.11 Å². The van der Waals surface area contributed by atoms with Gasteiger partial charge in [-0.05, 0) is 18.9 Å². The minimum absolute atomic E-state index is 0.174. The number of nitrogens with zero attached hydrogens (tertiary/aromatic N) is 3. The van der Waals surface area contributed by atoms with Gasteiger partial charge in [-0.1, -0.05) is 31.3 Å². The van der Waals surface area contributed by atoms with Crippen LogP contribution in [0.25, 0.3) is 10.4 Å². The highest BCUT2D eigenvalue weighted by atomic mass is 16.3. The van der Waals surface area contributed by atoms with Crippen LogP contribution in [-0.2, 0) is 0 Å². The fourth-order valence-electron chi connectivity index (χ4n) is 1.02. The predicted octanol–water partition coefficient (Wildman–Crippen LogP) is 2.63. The summed E-state index contributed by atoms with van der Waals surface area (Å²) in [5, 5.41) is 13.0. The van der Waals surface area contributed by atoms with Gasteiger partial charge >= 0.3 is 0 Å². The quantitative estimate of drug-likeness (QED) is 0.284. The molecule has 0 rings (SSSR count). The second kappa shape index (κ2) is 5.86. The molecule has 0 radical (unpaired) electrons. The van der Waals surface area contributed by atoms with Crippen LogP contribution in [0.4, 0.5) is 0 Å². The Kier molecular flexibility index (Phi) is 5.51. The van der Waals surface area contributed by atoms with Crippen molar-refractivity contribution >= 4 is 0 Å². The molecule has 0 aromatic heterocycles. The SMILES string of the molecule is CCCCCC(C)(O)CN=[N+]=[N-]. The first-order valence-electron chi connectivity index (χ1n) is 4.35. The van der Waals surface area contributed by atoms with Crippen LogP contribution in [0.3, 0.4) is 0 Å². The van der Waals surface area contributed by atoms with Gasteiger partial charge in [-0.3, -0.25) is 0 Å². The molecule has 1 N–H and O–H groups in total. The van der Waals surface area contributed by atoms with Gasteiger partial charge in [-0.2, -0.15) is 0 Å². The third-order valence-corrected chi connectivity index (χ3v) is 1.79. The Morgan fingerprint density at radius 3 is 2.67 bits per heavy atom. The molecule has 1 unspecified atom stereocenters. The lowest BCUT2D eigenvalue weighted by Gasteiger charge is -2.20. The first-order chi connectivity index (χ1) is 5.62. The topological polar surface area (TPSA) is 69.0 Å². The Hall–Kier alpha value is -0.730. The maximum absolute atomic E-state index is 9.61. The van der Waals surface area contributed by atoms with E-state index in [2.05, 4.69) is 16.9 Å². The number of unbranched alkanes of at least 4 members (excludes halogenated alkanes) is 2. The molecular formula is C8H17N3O. The van der Waals surface area contributed by atoms with Crippen LogP contribution in [0.5, 0.6) is 0 Å². The molecule has 0 saturated heterocycles. The molecule has 0 heterocycles. The van der Waals surface area contributed by atoms with Crippen LogP contribution in [0, 0.1) is 0 Å². The highest BCUT2D eigenvalue weighted by molar-refractivity contribution is 4.75. The minimum atomic E-state index is -0.818. The lowest BCUT2D eigenvalue weighted by Crippen LogP contribution is -2.27. The Labute approximate surface area is 73.2 Å². The highest BCUT2D eigenvalue weighted by Crippen LogP contribution is 2.14. The molecule has 0 aromatic rings. The molecule has 0 spiro atoms.